The number of hydrogen-bond acceptors (Lipinski definition) is 6. The first-order valence-corrected chi connectivity index (χ1v) is 12.6. The summed E-state index contributed by atoms with van der Waals surface area (Å²) in [5, 5.41) is 4.87. The highest BCUT2D eigenvalue weighted by Gasteiger charge is 2.37. The number of nitrogens with one attached hydrogen (secondary N) is 1. The summed E-state index contributed by atoms with van der Waals surface area (Å²) in [6, 6.07) is 11.4. The molecule has 8 nitrogen and oxygen atoms in total. The van der Waals surface area contributed by atoms with Crippen LogP contribution >= 0.6 is 11.3 Å². The van der Waals surface area contributed by atoms with Gasteiger partial charge in [-0.15, -0.1) is 11.3 Å². The van der Waals surface area contributed by atoms with E-state index >= 15 is 0 Å². The van der Waals surface area contributed by atoms with Gasteiger partial charge in [0, 0.05) is 35.7 Å². The number of morpholine rings is 1. The number of nitrogens with zero attached hydrogens (tertiary/aromatic N) is 2. The molecule has 0 saturated carbocycles. The molecular weight excluding hydrogens is 466 g/mol. The zero-order valence-electron chi connectivity index (χ0n) is 20.1. The van der Waals surface area contributed by atoms with Crippen LogP contribution in [0.15, 0.2) is 53.0 Å². The van der Waals surface area contributed by atoms with E-state index in [0.717, 1.165) is 16.2 Å². The summed E-state index contributed by atoms with van der Waals surface area (Å²) < 4.78 is 10.6. The molecule has 1 atom stereocenters. The topological polar surface area (TPSA) is 88.2 Å². The highest BCUT2D eigenvalue weighted by Crippen LogP contribution is 2.32. The van der Waals surface area contributed by atoms with Gasteiger partial charge in [0.2, 0.25) is 11.8 Å². The number of amides is 3. The van der Waals surface area contributed by atoms with E-state index < -0.39 is 5.92 Å². The number of thiophene rings is 1. The van der Waals surface area contributed by atoms with Crippen LogP contribution in [0.3, 0.4) is 0 Å². The minimum atomic E-state index is -0.597. The molecular formula is C26H31N3O5S. The number of ether oxygens (including phenoxy) is 2. The van der Waals surface area contributed by atoms with Gasteiger partial charge in [-0.3, -0.25) is 14.4 Å². The molecule has 0 radical (unpaired) electrons. The molecule has 0 aliphatic carbocycles. The molecule has 2 aliphatic rings. The first-order valence-electron chi connectivity index (χ1n) is 11.8. The number of benzene rings is 1. The number of hydrogen-bond donors (Lipinski definition) is 1. The molecule has 1 saturated heterocycles. The Balaban J connectivity index is 1.54. The van der Waals surface area contributed by atoms with Crippen molar-refractivity contribution in [3.63, 3.8) is 0 Å². The van der Waals surface area contributed by atoms with Crippen molar-refractivity contribution in [2.45, 2.75) is 32.9 Å². The monoisotopic (exact) mass is 497 g/mol. The molecule has 3 amide bonds. The van der Waals surface area contributed by atoms with Gasteiger partial charge in [-0.05, 0) is 42.5 Å². The number of carbonyl (C=O) groups excluding carboxylic acids is 3. The summed E-state index contributed by atoms with van der Waals surface area (Å²) in [6.07, 6.45) is 0.295. The Hall–Kier alpha value is -3.17. The van der Waals surface area contributed by atoms with Gasteiger partial charge in [0.05, 0.1) is 39.3 Å². The highest BCUT2D eigenvalue weighted by atomic mass is 32.1. The normalized spacial score (nSPS) is 18.6. The Labute approximate surface area is 209 Å². The van der Waals surface area contributed by atoms with Gasteiger partial charge < -0.3 is 24.6 Å². The molecule has 4 rings (SSSR count). The van der Waals surface area contributed by atoms with Crippen LogP contribution in [0.2, 0.25) is 0 Å². The van der Waals surface area contributed by atoms with Crippen molar-refractivity contribution in [2.75, 3.05) is 33.4 Å². The summed E-state index contributed by atoms with van der Waals surface area (Å²) >= 11 is 1.57. The van der Waals surface area contributed by atoms with Crippen LogP contribution in [-0.2, 0) is 32.2 Å². The number of rotatable bonds is 8. The number of carbonyl (C=O) groups is 3. The molecule has 1 fully saturated rings. The van der Waals surface area contributed by atoms with Crippen LogP contribution in [0.25, 0.3) is 0 Å². The molecule has 1 aromatic heterocycles. The molecule has 35 heavy (non-hydrogen) atoms. The van der Waals surface area contributed by atoms with Crippen molar-refractivity contribution in [3.05, 3.63) is 63.5 Å². The third kappa shape index (κ3) is 6.10. The first-order chi connectivity index (χ1) is 17.0. The Morgan fingerprint density at radius 3 is 2.57 bits per heavy atom. The predicted molar refractivity (Wildman–Crippen MR) is 133 cm³/mol. The van der Waals surface area contributed by atoms with Crippen LogP contribution in [0.1, 0.15) is 30.2 Å². The standard InChI is InChI=1S/C26H31N3O5S/c1-18-23(26(32)28-9-11-34-12-10-28)14-20(15-24(30)27-16-22-4-3-13-35-22)25(31)29(18)17-19-5-7-21(33-2)8-6-19/h3-8,13,20H,9-12,14-17H2,1-2H3,(H,27,30). The molecule has 1 aromatic carbocycles. The van der Waals surface area contributed by atoms with Gasteiger partial charge in [-0.25, -0.2) is 0 Å². The largest absolute Gasteiger partial charge is 0.497 e. The molecule has 1 unspecified atom stereocenters. The van der Waals surface area contributed by atoms with E-state index in [1.807, 2.05) is 48.7 Å². The van der Waals surface area contributed by atoms with E-state index in [9.17, 15) is 14.4 Å². The summed E-state index contributed by atoms with van der Waals surface area (Å²) in [6.45, 7) is 4.62. The Kier molecular flexibility index (Phi) is 8.20. The van der Waals surface area contributed by atoms with Crippen molar-refractivity contribution >= 4 is 29.1 Å². The fourth-order valence-electron chi connectivity index (χ4n) is 4.39. The average molecular weight is 498 g/mol. The maximum atomic E-state index is 13.5. The summed E-state index contributed by atoms with van der Waals surface area (Å²) in [5.74, 6) is -0.279. The maximum Gasteiger partial charge on any atom is 0.251 e. The number of allylic oxidation sites excluding steroid dienone is 1. The first kappa shape index (κ1) is 24.9. The van der Waals surface area contributed by atoms with Gasteiger partial charge in [-0.2, -0.15) is 0 Å². The molecule has 186 valence electrons. The van der Waals surface area contributed by atoms with Crippen molar-refractivity contribution in [2.24, 2.45) is 5.92 Å². The minimum absolute atomic E-state index is 0.0382. The van der Waals surface area contributed by atoms with Gasteiger partial charge >= 0.3 is 0 Å². The van der Waals surface area contributed by atoms with Crippen molar-refractivity contribution in [1.29, 1.82) is 0 Å². The Morgan fingerprint density at radius 2 is 1.91 bits per heavy atom. The quantitative estimate of drug-likeness (QED) is 0.606. The van der Waals surface area contributed by atoms with E-state index in [2.05, 4.69) is 5.32 Å². The summed E-state index contributed by atoms with van der Waals surface area (Å²) in [7, 11) is 1.60. The second kappa shape index (κ2) is 11.5. The Morgan fingerprint density at radius 1 is 1.17 bits per heavy atom. The molecule has 9 heteroatoms. The van der Waals surface area contributed by atoms with Crippen LogP contribution in [0, 0.1) is 5.92 Å². The van der Waals surface area contributed by atoms with Crippen LogP contribution in [-0.4, -0.2) is 60.9 Å². The van der Waals surface area contributed by atoms with Crippen molar-refractivity contribution in [3.8, 4) is 5.75 Å². The molecule has 2 aromatic rings. The van der Waals surface area contributed by atoms with E-state index in [0.29, 0.717) is 50.7 Å². The lowest BCUT2D eigenvalue weighted by molar-refractivity contribution is -0.139. The van der Waals surface area contributed by atoms with Crippen LogP contribution in [0.5, 0.6) is 5.75 Å². The zero-order chi connectivity index (χ0) is 24.8. The van der Waals surface area contributed by atoms with Gasteiger partial charge in [-0.1, -0.05) is 18.2 Å². The lowest BCUT2D eigenvalue weighted by Crippen LogP contribution is -2.46. The van der Waals surface area contributed by atoms with E-state index in [4.69, 9.17) is 9.47 Å². The predicted octanol–water partition coefficient (Wildman–Crippen LogP) is 2.94. The molecule has 0 spiro atoms. The molecule has 2 aliphatic heterocycles. The number of methoxy groups -OCH3 is 1. The lowest BCUT2D eigenvalue weighted by atomic mass is 9.88. The Bertz CT molecular complexity index is 1070. The maximum absolute atomic E-state index is 13.5. The highest BCUT2D eigenvalue weighted by molar-refractivity contribution is 7.09. The second-order valence-corrected chi connectivity index (χ2v) is 9.73. The molecule has 0 bridgehead atoms. The summed E-state index contributed by atoms with van der Waals surface area (Å²) in [4.78, 5) is 44.1. The second-order valence-electron chi connectivity index (χ2n) is 8.70. The third-order valence-corrected chi connectivity index (χ3v) is 7.31. The fourth-order valence-corrected chi connectivity index (χ4v) is 5.04. The van der Waals surface area contributed by atoms with Gasteiger partial charge in [0.15, 0.2) is 0 Å². The van der Waals surface area contributed by atoms with Crippen LogP contribution in [0.4, 0.5) is 0 Å². The minimum Gasteiger partial charge on any atom is -0.497 e. The van der Waals surface area contributed by atoms with E-state index in [1.54, 1.807) is 28.2 Å². The van der Waals surface area contributed by atoms with Crippen molar-refractivity contribution < 1.29 is 23.9 Å². The van der Waals surface area contributed by atoms with E-state index in [1.165, 1.54) is 0 Å². The lowest BCUT2D eigenvalue weighted by Gasteiger charge is -2.37. The molecule has 1 N–H and O–H groups in total. The van der Waals surface area contributed by atoms with Gasteiger partial charge in [0.1, 0.15) is 5.75 Å². The van der Waals surface area contributed by atoms with Crippen LogP contribution < -0.4 is 10.1 Å². The summed E-state index contributed by atoms with van der Waals surface area (Å²) in [5.41, 5.74) is 2.16. The third-order valence-electron chi connectivity index (χ3n) is 6.44. The zero-order valence-corrected chi connectivity index (χ0v) is 20.9. The average Bonchev–Trinajstić information content (AvgIpc) is 3.41. The SMILES string of the molecule is COc1ccc(CN2C(=O)C(CC(=O)NCc3cccs3)CC(C(=O)N3CCOCC3)=C2C)cc1. The van der Waals surface area contributed by atoms with E-state index in [-0.39, 0.29) is 30.6 Å². The fraction of sp³-hybridized carbons (Fsp3) is 0.423. The van der Waals surface area contributed by atoms with Crippen molar-refractivity contribution in [1.82, 2.24) is 15.1 Å². The smallest absolute Gasteiger partial charge is 0.251 e. The molecule has 3 heterocycles. The van der Waals surface area contributed by atoms with Gasteiger partial charge in [0.25, 0.3) is 5.91 Å².